The van der Waals surface area contributed by atoms with Gasteiger partial charge in [-0.2, -0.15) is 13.2 Å². The van der Waals surface area contributed by atoms with E-state index in [1.54, 1.807) is 0 Å². The molecule has 0 bridgehead atoms. The van der Waals surface area contributed by atoms with E-state index in [-0.39, 0.29) is 17.0 Å². The third kappa shape index (κ3) is 2.93. The van der Waals surface area contributed by atoms with Gasteiger partial charge in [0.25, 0.3) is 0 Å². The Labute approximate surface area is 143 Å². The number of nitrogens with zero attached hydrogens (tertiary/aromatic N) is 4. The smallest absolute Gasteiger partial charge is 0.445 e. The first kappa shape index (κ1) is 17.2. The van der Waals surface area contributed by atoms with Crippen LogP contribution in [0.1, 0.15) is 15.4 Å². The molecule has 3 rings (SSSR count). The molecule has 0 radical (unpaired) electrons. The Morgan fingerprint density at radius 3 is 2.56 bits per heavy atom. The topological polar surface area (TPSA) is 98.0 Å². The summed E-state index contributed by atoms with van der Waals surface area (Å²) in [6.45, 7) is 0. The summed E-state index contributed by atoms with van der Waals surface area (Å²) < 4.78 is 52.4. The van der Waals surface area contributed by atoms with Crippen molar-refractivity contribution in [1.82, 2.24) is 19.7 Å². The summed E-state index contributed by atoms with van der Waals surface area (Å²) in [5.74, 6) is -2.75. The predicted octanol–water partition coefficient (Wildman–Crippen LogP) is 2.75. The second-order valence-electron chi connectivity index (χ2n) is 4.57. The highest BCUT2D eigenvalue weighted by atomic mass is 35.5. The van der Waals surface area contributed by atoms with Crippen molar-refractivity contribution < 1.29 is 27.5 Å². The van der Waals surface area contributed by atoms with Gasteiger partial charge in [-0.25, -0.2) is 14.2 Å². The highest BCUT2D eigenvalue weighted by molar-refractivity contribution is 7.13. The number of carboxylic acids is 1. The van der Waals surface area contributed by atoms with Crippen LogP contribution in [0.15, 0.2) is 17.1 Å². The fourth-order valence-corrected chi connectivity index (χ4v) is 2.75. The minimum atomic E-state index is -4.77. The van der Waals surface area contributed by atoms with Gasteiger partial charge in [0.1, 0.15) is 5.56 Å². The molecule has 0 aliphatic rings. The molecule has 25 heavy (non-hydrogen) atoms. The summed E-state index contributed by atoms with van der Waals surface area (Å²) >= 11 is 5.64. The lowest BCUT2D eigenvalue weighted by molar-refractivity contribution is -0.138. The Morgan fingerprint density at radius 2 is 2.00 bits per heavy atom. The van der Waals surface area contributed by atoms with Crippen molar-refractivity contribution in [2.45, 2.75) is 6.18 Å². The molecule has 3 aromatic heterocycles. The van der Waals surface area contributed by atoms with Crippen LogP contribution in [0, 0.1) is 5.82 Å². The van der Waals surface area contributed by atoms with Crippen LogP contribution in [-0.4, -0.2) is 30.8 Å². The number of carboxylic acid groups (broad SMARTS) is 1. The van der Waals surface area contributed by atoms with Crippen LogP contribution in [0.3, 0.4) is 0 Å². The minimum absolute atomic E-state index is 0.0880. The third-order valence-corrected chi connectivity index (χ3v) is 4.21. The molecule has 0 unspecified atom stereocenters. The van der Waals surface area contributed by atoms with Crippen LogP contribution in [0.5, 0.6) is 0 Å². The molecule has 0 spiro atoms. The van der Waals surface area contributed by atoms with E-state index >= 15 is 0 Å². The van der Waals surface area contributed by atoms with E-state index in [1.165, 1.54) is 0 Å². The lowest BCUT2D eigenvalue weighted by Gasteiger charge is -2.08. The van der Waals surface area contributed by atoms with E-state index in [1.807, 2.05) is 0 Å². The van der Waals surface area contributed by atoms with Crippen molar-refractivity contribution in [3.8, 4) is 5.13 Å². The Balaban J connectivity index is 2.39. The van der Waals surface area contributed by atoms with Gasteiger partial charge in [0.15, 0.2) is 16.6 Å². The second kappa shape index (κ2) is 5.74. The zero-order chi connectivity index (χ0) is 18.5. The van der Waals surface area contributed by atoms with Crippen molar-refractivity contribution in [1.29, 1.82) is 0 Å². The zero-order valence-corrected chi connectivity index (χ0v) is 13.1. The Morgan fingerprint density at radius 1 is 1.32 bits per heavy atom. The molecule has 0 saturated heterocycles. The normalized spacial score (nSPS) is 11.9. The number of rotatable bonds is 2. The van der Waals surface area contributed by atoms with Gasteiger partial charge in [0.2, 0.25) is 15.6 Å². The summed E-state index contributed by atoms with van der Waals surface area (Å²) in [5, 5.41) is 12.5. The number of hydrogen-bond acceptors (Lipinski definition) is 6. The number of halogens is 5. The highest BCUT2D eigenvalue weighted by Gasteiger charge is 2.36. The minimum Gasteiger partial charge on any atom is -0.477 e. The highest BCUT2D eigenvalue weighted by Crippen LogP contribution is 2.33. The molecule has 7 nitrogen and oxygen atoms in total. The molecule has 1 N–H and O–H groups in total. The van der Waals surface area contributed by atoms with E-state index in [0.29, 0.717) is 6.07 Å². The van der Waals surface area contributed by atoms with Gasteiger partial charge >= 0.3 is 12.1 Å². The maximum absolute atomic E-state index is 13.6. The van der Waals surface area contributed by atoms with Gasteiger partial charge in [-0.3, -0.25) is 9.36 Å². The number of hydrogen-bond donors (Lipinski definition) is 1. The molecule has 0 aliphatic heterocycles. The van der Waals surface area contributed by atoms with Crippen LogP contribution >= 0.6 is 22.9 Å². The maximum atomic E-state index is 13.6. The van der Waals surface area contributed by atoms with Gasteiger partial charge in [-0.05, 0) is 6.07 Å². The second-order valence-corrected chi connectivity index (χ2v) is 5.88. The van der Waals surface area contributed by atoms with Gasteiger partial charge in [0, 0.05) is 6.20 Å². The van der Waals surface area contributed by atoms with Crippen LogP contribution in [0.4, 0.5) is 17.6 Å². The summed E-state index contributed by atoms with van der Waals surface area (Å²) in [4.78, 5) is 26.9. The van der Waals surface area contributed by atoms with E-state index in [2.05, 4.69) is 15.2 Å². The Bertz CT molecular complexity index is 1080. The first-order valence-corrected chi connectivity index (χ1v) is 7.35. The summed E-state index contributed by atoms with van der Waals surface area (Å²) in [6.07, 6.45) is -4.04. The van der Waals surface area contributed by atoms with Crippen LogP contribution in [-0.2, 0) is 6.18 Å². The van der Waals surface area contributed by atoms with Gasteiger partial charge in [-0.1, -0.05) is 22.9 Å². The van der Waals surface area contributed by atoms with E-state index < -0.39 is 49.6 Å². The molecule has 13 heteroatoms. The number of aromatic nitrogens is 4. The Hall–Kier alpha value is -2.60. The number of alkyl halides is 3. The van der Waals surface area contributed by atoms with Crippen LogP contribution in [0.2, 0.25) is 5.15 Å². The monoisotopic (exact) mass is 394 g/mol. The van der Waals surface area contributed by atoms with Crippen molar-refractivity contribution >= 4 is 39.9 Å². The number of carbonyl (C=O) groups is 1. The van der Waals surface area contributed by atoms with Crippen molar-refractivity contribution in [3.63, 3.8) is 0 Å². The molecule has 3 aromatic rings. The molecule has 0 fully saturated rings. The van der Waals surface area contributed by atoms with Crippen LogP contribution < -0.4 is 5.43 Å². The van der Waals surface area contributed by atoms with Crippen molar-refractivity contribution in [3.05, 3.63) is 44.0 Å². The van der Waals surface area contributed by atoms with Crippen LogP contribution in [0.25, 0.3) is 16.2 Å². The lowest BCUT2D eigenvalue weighted by Crippen LogP contribution is -2.19. The van der Waals surface area contributed by atoms with Gasteiger partial charge < -0.3 is 5.11 Å². The molecular formula is C12H3ClF4N4O3S. The molecule has 0 aromatic carbocycles. The molecule has 0 atom stereocenters. The Kier molecular flexibility index (Phi) is 3.95. The largest absolute Gasteiger partial charge is 0.477 e. The van der Waals surface area contributed by atoms with E-state index in [4.69, 9.17) is 16.7 Å². The fourth-order valence-electron chi connectivity index (χ4n) is 1.93. The molecule has 0 saturated carbocycles. The van der Waals surface area contributed by atoms with E-state index in [9.17, 15) is 27.2 Å². The standard InChI is InChI=1S/C12H3ClF4N4O3S/c13-7-5(14)1-3-6(22)4(9(23)24)2-21(8(3)18-7)11-20-19-10(25-11)12(15,16)17/h1-2H,(H,23,24). The SMILES string of the molecule is O=C(O)c1cn(-c2nnc(C(F)(F)F)s2)c2nc(Cl)c(F)cc2c1=O. The number of aromatic carboxylic acids is 1. The van der Waals surface area contributed by atoms with Crippen molar-refractivity contribution in [2.24, 2.45) is 0 Å². The molecule has 3 heterocycles. The van der Waals surface area contributed by atoms with Gasteiger partial charge in [-0.15, -0.1) is 10.2 Å². The fraction of sp³-hybridized carbons (Fsp3) is 0.0833. The first-order chi connectivity index (χ1) is 11.6. The summed E-state index contributed by atoms with van der Waals surface area (Å²) in [5.41, 5.74) is -2.23. The number of pyridine rings is 2. The molecule has 130 valence electrons. The number of fused-ring (bicyclic) bond motifs is 1. The molecule has 0 aliphatic carbocycles. The average Bonchev–Trinajstić information content (AvgIpc) is 2.99. The quantitative estimate of drug-likeness (QED) is 0.530. The zero-order valence-electron chi connectivity index (χ0n) is 11.5. The summed E-state index contributed by atoms with van der Waals surface area (Å²) in [7, 11) is 0. The molecule has 0 amide bonds. The summed E-state index contributed by atoms with van der Waals surface area (Å²) in [6, 6.07) is 0.654. The van der Waals surface area contributed by atoms with Gasteiger partial charge in [0.05, 0.1) is 5.39 Å². The average molecular weight is 395 g/mol. The molecular weight excluding hydrogens is 392 g/mol. The van der Waals surface area contributed by atoms with Crippen molar-refractivity contribution in [2.75, 3.05) is 0 Å². The maximum Gasteiger partial charge on any atom is 0.445 e. The first-order valence-electron chi connectivity index (χ1n) is 6.15. The predicted molar refractivity (Wildman–Crippen MR) is 77.7 cm³/mol. The third-order valence-electron chi connectivity index (χ3n) is 2.98. The van der Waals surface area contributed by atoms with E-state index in [0.717, 1.165) is 10.8 Å². The lowest BCUT2D eigenvalue weighted by atomic mass is 10.2.